The molecule has 3 nitrogen and oxygen atoms in total. The van der Waals surface area contributed by atoms with E-state index in [0.717, 1.165) is 18.7 Å². The predicted octanol–water partition coefficient (Wildman–Crippen LogP) is 3.87. The van der Waals surface area contributed by atoms with Gasteiger partial charge in [-0.05, 0) is 54.8 Å². The molecule has 1 N–H and O–H groups in total. The van der Waals surface area contributed by atoms with Gasteiger partial charge in [0.15, 0.2) is 0 Å². The first kappa shape index (κ1) is 14.9. The second-order valence-corrected chi connectivity index (χ2v) is 5.99. The van der Waals surface area contributed by atoms with Gasteiger partial charge in [-0.2, -0.15) is 0 Å². The number of hydrogen-bond acceptors (Lipinski definition) is 2. The molecule has 0 spiro atoms. The van der Waals surface area contributed by atoms with E-state index in [1.807, 2.05) is 0 Å². The van der Waals surface area contributed by atoms with E-state index in [1.54, 1.807) is 24.3 Å². The van der Waals surface area contributed by atoms with Crippen molar-refractivity contribution < 1.29 is 4.79 Å². The lowest BCUT2D eigenvalue weighted by molar-refractivity contribution is 0.0951. The van der Waals surface area contributed by atoms with Crippen LogP contribution < -0.4 is 10.2 Å². The van der Waals surface area contributed by atoms with Crippen LogP contribution in [0.25, 0.3) is 0 Å². The molecule has 1 aliphatic rings. The highest BCUT2D eigenvalue weighted by molar-refractivity contribution is 6.30. The number of rotatable bonds is 4. The maximum atomic E-state index is 12.0. The van der Waals surface area contributed by atoms with E-state index >= 15 is 0 Å². The van der Waals surface area contributed by atoms with Gasteiger partial charge in [0.05, 0.1) is 0 Å². The third-order valence-corrected chi connectivity index (χ3v) is 4.22. The van der Waals surface area contributed by atoms with Crippen LogP contribution in [-0.4, -0.2) is 19.0 Å². The van der Waals surface area contributed by atoms with Crippen molar-refractivity contribution in [3.63, 3.8) is 0 Å². The zero-order chi connectivity index (χ0) is 15.4. The van der Waals surface area contributed by atoms with Gasteiger partial charge in [0.1, 0.15) is 0 Å². The molecule has 0 atom stereocenters. The minimum Gasteiger partial charge on any atom is -0.372 e. The Morgan fingerprint density at radius 2 is 1.64 bits per heavy atom. The van der Waals surface area contributed by atoms with E-state index in [0.29, 0.717) is 17.1 Å². The molecule has 4 heteroatoms. The monoisotopic (exact) mass is 314 g/mol. The zero-order valence-corrected chi connectivity index (χ0v) is 13.1. The molecule has 1 aliphatic heterocycles. The van der Waals surface area contributed by atoms with Gasteiger partial charge in [0.25, 0.3) is 5.91 Å². The van der Waals surface area contributed by atoms with Crippen molar-refractivity contribution in [1.29, 1.82) is 0 Å². The van der Waals surface area contributed by atoms with Crippen LogP contribution in [0.5, 0.6) is 0 Å². The molecule has 22 heavy (non-hydrogen) atoms. The third-order valence-electron chi connectivity index (χ3n) is 3.97. The Morgan fingerprint density at radius 3 is 2.27 bits per heavy atom. The van der Waals surface area contributed by atoms with Crippen molar-refractivity contribution in [2.24, 2.45) is 0 Å². The molecule has 0 aliphatic carbocycles. The average Bonchev–Trinajstić information content (AvgIpc) is 3.08. The highest BCUT2D eigenvalue weighted by atomic mass is 35.5. The van der Waals surface area contributed by atoms with E-state index in [2.05, 4.69) is 34.5 Å². The molecule has 0 radical (unpaired) electrons. The Balaban J connectivity index is 1.56. The first-order valence-corrected chi connectivity index (χ1v) is 7.98. The van der Waals surface area contributed by atoms with Crippen LogP contribution in [0.2, 0.25) is 5.02 Å². The number of hydrogen-bond donors (Lipinski definition) is 1. The lowest BCUT2D eigenvalue weighted by atomic mass is 10.1. The van der Waals surface area contributed by atoms with Gasteiger partial charge in [-0.25, -0.2) is 0 Å². The van der Waals surface area contributed by atoms with Crippen LogP contribution in [0, 0.1) is 0 Å². The van der Waals surface area contributed by atoms with Gasteiger partial charge in [-0.1, -0.05) is 23.7 Å². The summed E-state index contributed by atoms with van der Waals surface area (Å²) in [7, 11) is 0. The highest BCUT2D eigenvalue weighted by Crippen LogP contribution is 2.20. The molecule has 0 aromatic heterocycles. The fourth-order valence-corrected chi connectivity index (χ4v) is 2.81. The van der Waals surface area contributed by atoms with E-state index in [4.69, 9.17) is 11.6 Å². The van der Waals surface area contributed by atoms with Crippen LogP contribution in [0.4, 0.5) is 5.69 Å². The molecule has 0 unspecified atom stereocenters. The van der Waals surface area contributed by atoms with Gasteiger partial charge < -0.3 is 10.2 Å². The van der Waals surface area contributed by atoms with Crippen molar-refractivity contribution >= 4 is 23.2 Å². The first-order chi connectivity index (χ1) is 10.7. The summed E-state index contributed by atoms with van der Waals surface area (Å²) >= 11 is 5.82. The minimum atomic E-state index is -0.0831. The summed E-state index contributed by atoms with van der Waals surface area (Å²) < 4.78 is 0. The molecule has 1 saturated heterocycles. The Labute approximate surface area is 135 Å². The number of amides is 1. The van der Waals surface area contributed by atoms with E-state index in [9.17, 15) is 4.79 Å². The van der Waals surface area contributed by atoms with Crippen LogP contribution in [0.3, 0.4) is 0 Å². The maximum Gasteiger partial charge on any atom is 0.251 e. The van der Waals surface area contributed by atoms with E-state index in [1.165, 1.54) is 18.5 Å². The Kier molecular flexibility index (Phi) is 4.64. The Bertz CT molecular complexity index is 631. The van der Waals surface area contributed by atoms with Gasteiger partial charge in [-0.15, -0.1) is 0 Å². The summed E-state index contributed by atoms with van der Waals surface area (Å²) in [5, 5.41) is 3.56. The smallest absolute Gasteiger partial charge is 0.251 e. The summed E-state index contributed by atoms with van der Waals surface area (Å²) in [6.45, 7) is 2.82. The lowest BCUT2D eigenvalue weighted by Crippen LogP contribution is -2.22. The molecule has 2 aromatic carbocycles. The second kappa shape index (κ2) is 6.84. The van der Waals surface area contributed by atoms with Crippen molar-refractivity contribution in [3.05, 3.63) is 64.7 Å². The van der Waals surface area contributed by atoms with Gasteiger partial charge in [0, 0.05) is 35.9 Å². The predicted molar refractivity (Wildman–Crippen MR) is 90.5 cm³/mol. The van der Waals surface area contributed by atoms with Crippen LogP contribution in [-0.2, 0) is 6.54 Å². The van der Waals surface area contributed by atoms with E-state index < -0.39 is 0 Å². The van der Waals surface area contributed by atoms with Gasteiger partial charge in [0.2, 0.25) is 0 Å². The highest BCUT2D eigenvalue weighted by Gasteiger charge is 2.12. The SMILES string of the molecule is O=C(NCc1ccc(N2CCCC2)cc1)c1ccc(Cl)cc1. The summed E-state index contributed by atoms with van der Waals surface area (Å²) in [6, 6.07) is 15.3. The molecule has 1 fully saturated rings. The number of carbonyl (C=O) groups excluding carboxylic acids is 1. The molecular weight excluding hydrogens is 296 g/mol. The number of benzene rings is 2. The fraction of sp³-hybridized carbons (Fsp3) is 0.278. The third kappa shape index (κ3) is 3.60. The summed E-state index contributed by atoms with van der Waals surface area (Å²) in [5.74, 6) is -0.0831. The molecule has 2 aromatic rings. The van der Waals surface area contributed by atoms with E-state index in [-0.39, 0.29) is 5.91 Å². The quantitative estimate of drug-likeness (QED) is 0.929. The maximum absolute atomic E-state index is 12.0. The van der Waals surface area contributed by atoms with Gasteiger partial charge >= 0.3 is 0 Å². The molecule has 0 bridgehead atoms. The number of carbonyl (C=O) groups is 1. The Morgan fingerprint density at radius 1 is 1.00 bits per heavy atom. The van der Waals surface area contributed by atoms with Crippen molar-refractivity contribution in [2.45, 2.75) is 19.4 Å². The summed E-state index contributed by atoms with van der Waals surface area (Å²) in [4.78, 5) is 14.4. The fourth-order valence-electron chi connectivity index (χ4n) is 2.69. The van der Waals surface area contributed by atoms with Crippen molar-refractivity contribution in [3.8, 4) is 0 Å². The second-order valence-electron chi connectivity index (χ2n) is 5.55. The van der Waals surface area contributed by atoms with Crippen molar-refractivity contribution in [2.75, 3.05) is 18.0 Å². The van der Waals surface area contributed by atoms with Gasteiger partial charge in [-0.3, -0.25) is 4.79 Å². The normalized spacial score (nSPS) is 14.1. The molecule has 1 heterocycles. The molecular formula is C18H19ClN2O. The number of nitrogens with zero attached hydrogens (tertiary/aromatic N) is 1. The lowest BCUT2D eigenvalue weighted by Gasteiger charge is -2.17. The molecule has 1 amide bonds. The zero-order valence-electron chi connectivity index (χ0n) is 12.4. The average molecular weight is 315 g/mol. The Hall–Kier alpha value is -2.00. The first-order valence-electron chi connectivity index (χ1n) is 7.60. The van der Waals surface area contributed by atoms with Crippen LogP contribution >= 0.6 is 11.6 Å². The molecule has 3 rings (SSSR count). The molecule has 0 saturated carbocycles. The summed E-state index contributed by atoms with van der Waals surface area (Å²) in [6.07, 6.45) is 2.55. The van der Waals surface area contributed by atoms with Crippen LogP contribution in [0.15, 0.2) is 48.5 Å². The van der Waals surface area contributed by atoms with Crippen LogP contribution in [0.1, 0.15) is 28.8 Å². The number of anilines is 1. The summed E-state index contributed by atoms with van der Waals surface area (Å²) in [5.41, 5.74) is 2.99. The van der Waals surface area contributed by atoms with Crippen molar-refractivity contribution in [1.82, 2.24) is 5.32 Å². The number of nitrogens with one attached hydrogen (secondary N) is 1. The minimum absolute atomic E-state index is 0.0831. The topological polar surface area (TPSA) is 32.3 Å². The number of halogens is 1. The molecule has 114 valence electrons. The standard InChI is InChI=1S/C18H19ClN2O/c19-16-7-5-15(6-8-16)18(22)20-13-14-3-9-17(10-4-14)21-11-1-2-12-21/h3-10H,1-2,11-13H2,(H,20,22). The largest absolute Gasteiger partial charge is 0.372 e.